The molecule has 7 nitrogen and oxygen atoms in total. The van der Waals surface area contributed by atoms with Crippen LogP contribution in [-0.4, -0.2) is 38.9 Å². The van der Waals surface area contributed by atoms with Gasteiger partial charge in [0.05, 0.1) is 17.0 Å². The SMILES string of the molecule is O=C(CSc1ccccc1C(=O)O)c1ccc(-c2ccc(NN(O)C(=O)c3ccccc3)cc2)cc1. The molecule has 0 fully saturated rings. The molecule has 4 aromatic carbocycles. The molecule has 0 aliphatic heterocycles. The third kappa shape index (κ3) is 5.99. The van der Waals surface area contributed by atoms with Gasteiger partial charge in [-0.15, -0.1) is 16.9 Å². The molecule has 0 bridgehead atoms. The Morgan fingerprint density at radius 3 is 1.94 bits per heavy atom. The van der Waals surface area contributed by atoms with Crippen LogP contribution in [0.2, 0.25) is 0 Å². The fraction of sp³-hybridized carbons (Fsp3) is 0.0357. The number of carbonyl (C=O) groups is 3. The number of carbonyl (C=O) groups excluding carboxylic acids is 2. The summed E-state index contributed by atoms with van der Waals surface area (Å²) in [5, 5.41) is 19.8. The first kappa shape index (κ1) is 24.7. The number of amides is 1. The molecule has 0 radical (unpaired) electrons. The Labute approximate surface area is 211 Å². The minimum Gasteiger partial charge on any atom is -0.478 e. The van der Waals surface area contributed by atoms with Crippen LogP contribution in [0.3, 0.4) is 0 Å². The van der Waals surface area contributed by atoms with Crippen molar-refractivity contribution in [3.05, 3.63) is 120 Å². The first-order valence-corrected chi connectivity index (χ1v) is 11.9. The first-order valence-electron chi connectivity index (χ1n) is 11.0. The second-order valence-electron chi connectivity index (χ2n) is 7.76. The quantitative estimate of drug-likeness (QED) is 0.114. The number of carboxylic acids is 1. The van der Waals surface area contributed by atoms with E-state index in [0.29, 0.717) is 26.9 Å². The highest BCUT2D eigenvalue weighted by Crippen LogP contribution is 2.25. The van der Waals surface area contributed by atoms with Gasteiger partial charge in [0.25, 0.3) is 5.91 Å². The molecule has 36 heavy (non-hydrogen) atoms. The highest BCUT2D eigenvalue weighted by molar-refractivity contribution is 8.00. The van der Waals surface area contributed by atoms with Gasteiger partial charge in [0, 0.05) is 16.0 Å². The Morgan fingerprint density at radius 2 is 1.31 bits per heavy atom. The summed E-state index contributed by atoms with van der Waals surface area (Å²) in [6.45, 7) is 0. The number of hydroxylamine groups is 1. The Hall–Kier alpha value is -4.40. The number of thioether (sulfide) groups is 1. The van der Waals surface area contributed by atoms with Crippen LogP contribution < -0.4 is 5.43 Å². The average molecular weight is 499 g/mol. The van der Waals surface area contributed by atoms with Crippen LogP contribution in [0.1, 0.15) is 31.1 Å². The first-order chi connectivity index (χ1) is 17.4. The van der Waals surface area contributed by atoms with Gasteiger partial charge in [-0.2, -0.15) is 0 Å². The van der Waals surface area contributed by atoms with Crippen LogP contribution >= 0.6 is 11.8 Å². The lowest BCUT2D eigenvalue weighted by molar-refractivity contribution is -0.0383. The maximum atomic E-state index is 12.6. The number of aromatic carboxylic acids is 1. The average Bonchev–Trinajstić information content (AvgIpc) is 2.92. The number of hydrogen-bond donors (Lipinski definition) is 3. The summed E-state index contributed by atoms with van der Waals surface area (Å²) in [5.41, 5.74) is 6.01. The number of nitrogens with zero attached hydrogens (tertiary/aromatic N) is 1. The monoisotopic (exact) mass is 498 g/mol. The van der Waals surface area contributed by atoms with E-state index in [0.717, 1.165) is 11.1 Å². The topological polar surface area (TPSA) is 107 Å². The van der Waals surface area contributed by atoms with Gasteiger partial charge in [-0.25, -0.2) is 4.79 Å². The molecule has 0 saturated heterocycles. The zero-order valence-corrected chi connectivity index (χ0v) is 19.8. The highest BCUT2D eigenvalue weighted by Gasteiger charge is 2.14. The smallest absolute Gasteiger partial charge is 0.336 e. The molecule has 180 valence electrons. The van der Waals surface area contributed by atoms with Crippen molar-refractivity contribution in [2.75, 3.05) is 11.2 Å². The summed E-state index contributed by atoms with van der Waals surface area (Å²) in [6.07, 6.45) is 0. The van der Waals surface area contributed by atoms with Crippen LogP contribution in [0.5, 0.6) is 0 Å². The second kappa shape index (κ2) is 11.4. The van der Waals surface area contributed by atoms with Gasteiger partial charge in [-0.05, 0) is 47.5 Å². The number of hydrazine groups is 1. The number of hydrogen-bond acceptors (Lipinski definition) is 6. The van der Waals surface area contributed by atoms with Crippen LogP contribution in [0.25, 0.3) is 11.1 Å². The Bertz CT molecular complexity index is 1370. The van der Waals surface area contributed by atoms with Gasteiger partial charge >= 0.3 is 5.97 Å². The van der Waals surface area contributed by atoms with Gasteiger partial charge in [-0.3, -0.25) is 20.2 Å². The van der Waals surface area contributed by atoms with Gasteiger partial charge in [0.2, 0.25) is 0 Å². The molecule has 1 amide bonds. The summed E-state index contributed by atoms with van der Waals surface area (Å²) in [7, 11) is 0. The number of nitrogens with one attached hydrogen (secondary N) is 1. The van der Waals surface area contributed by atoms with Crippen molar-refractivity contribution in [3.63, 3.8) is 0 Å². The summed E-state index contributed by atoms with van der Waals surface area (Å²) >= 11 is 1.20. The highest BCUT2D eigenvalue weighted by atomic mass is 32.2. The van der Waals surface area contributed by atoms with E-state index in [4.69, 9.17) is 0 Å². The number of Topliss-reactive ketones (excluding diaryl/α,β-unsaturated/α-hetero) is 1. The molecule has 0 aliphatic carbocycles. The number of rotatable bonds is 9. The maximum absolute atomic E-state index is 12.6. The van der Waals surface area contributed by atoms with Crippen molar-refractivity contribution in [2.45, 2.75) is 4.90 Å². The van der Waals surface area contributed by atoms with Crippen LogP contribution in [0.4, 0.5) is 5.69 Å². The summed E-state index contributed by atoms with van der Waals surface area (Å²) in [5.74, 6) is -1.57. The molecule has 0 unspecified atom stereocenters. The summed E-state index contributed by atoms with van der Waals surface area (Å²) < 4.78 is 0. The molecular formula is C28H22N2O5S. The minimum atomic E-state index is -1.02. The number of ketones is 1. The molecule has 0 aromatic heterocycles. The van der Waals surface area contributed by atoms with Crippen LogP contribution in [0.15, 0.2) is 108 Å². The molecule has 0 atom stereocenters. The largest absolute Gasteiger partial charge is 0.478 e. The fourth-order valence-corrected chi connectivity index (χ4v) is 4.40. The van der Waals surface area contributed by atoms with Gasteiger partial charge in [-0.1, -0.05) is 66.7 Å². The van der Waals surface area contributed by atoms with E-state index in [1.54, 1.807) is 72.8 Å². The zero-order valence-electron chi connectivity index (χ0n) is 19.0. The van der Waals surface area contributed by atoms with Crippen molar-refractivity contribution in [1.82, 2.24) is 5.17 Å². The van der Waals surface area contributed by atoms with E-state index in [9.17, 15) is 24.7 Å². The number of carboxylic acid groups (broad SMARTS) is 1. The summed E-state index contributed by atoms with van der Waals surface area (Å²) in [6, 6.07) is 29.3. The standard InChI is InChI=1S/C28H22N2O5S/c31-25(18-36-26-9-5-4-8-24(26)28(33)34)21-12-10-19(11-13-21)20-14-16-23(17-15-20)29-30(35)27(32)22-6-2-1-3-7-22/h1-17,29,35H,18H2,(H,33,34). The minimum absolute atomic E-state index is 0.0996. The Kier molecular flexibility index (Phi) is 7.79. The normalized spacial score (nSPS) is 10.5. The summed E-state index contributed by atoms with van der Waals surface area (Å²) in [4.78, 5) is 36.8. The van der Waals surface area contributed by atoms with Crippen molar-refractivity contribution < 1.29 is 24.7 Å². The van der Waals surface area contributed by atoms with E-state index in [2.05, 4.69) is 5.43 Å². The van der Waals surface area contributed by atoms with E-state index in [-0.39, 0.29) is 17.1 Å². The van der Waals surface area contributed by atoms with E-state index in [1.807, 2.05) is 24.3 Å². The molecule has 0 spiro atoms. The second-order valence-corrected chi connectivity index (χ2v) is 8.78. The van der Waals surface area contributed by atoms with E-state index < -0.39 is 11.9 Å². The molecule has 0 saturated carbocycles. The number of anilines is 1. The van der Waals surface area contributed by atoms with Crippen molar-refractivity contribution in [2.24, 2.45) is 0 Å². The molecule has 0 aliphatic rings. The molecule has 8 heteroatoms. The fourth-order valence-electron chi connectivity index (χ4n) is 3.46. The third-order valence-electron chi connectivity index (χ3n) is 5.35. The third-order valence-corrected chi connectivity index (χ3v) is 6.42. The van der Waals surface area contributed by atoms with Crippen molar-refractivity contribution in [1.29, 1.82) is 0 Å². The lowest BCUT2D eigenvalue weighted by atomic mass is 10.0. The van der Waals surface area contributed by atoms with E-state index in [1.165, 1.54) is 17.8 Å². The molecule has 4 aromatic rings. The van der Waals surface area contributed by atoms with Crippen molar-refractivity contribution in [3.8, 4) is 11.1 Å². The zero-order chi connectivity index (χ0) is 25.5. The molecule has 4 rings (SSSR count). The van der Waals surface area contributed by atoms with Crippen LogP contribution in [0, 0.1) is 0 Å². The molecule has 0 heterocycles. The van der Waals surface area contributed by atoms with Crippen molar-refractivity contribution >= 4 is 35.1 Å². The predicted molar refractivity (Wildman–Crippen MR) is 138 cm³/mol. The predicted octanol–water partition coefficient (Wildman–Crippen LogP) is 5.89. The Balaban J connectivity index is 1.36. The molecule has 3 N–H and O–H groups in total. The van der Waals surface area contributed by atoms with E-state index >= 15 is 0 Å². The lowest BCUT2D eigenvalue weighted by Gasteiger charge is -2.17. The number of benzene rings is 4. The van der Waals surface area contributed by atoms with Gasteiger partial charge < -0.3 is 5.11 Å². The Morgan fingerprint density at radius 1 is 0.722 bits per heavy atom. The van der Waals surface area contributed by atoms with Crippen LogP contribution in [-0.2, 0) is 0 Å². The van der Waals surface area contributed by atoms with Gasteiger partial charge in [0.1, 0.15) is 0 Å². The lowest BCUT2D eigenvalue weighted by Crippen LogP contribution is -2.32. The molecular weight excluding hydrogens is 476 g/mol. The maximum Gasteiger partial charge on any atom is 0.336 e. The van der Waals surface area contributed by atoms with Gasteiger partial charge in [0.15, 0.2) is 5.78 Å².